The number of hydrogen-bond acceptors (Lipinski definition) is 13. The van der Waals surface area contributed by atoms with Crippen LogP contribution in [0.3, 0.4) is 0 Å². The molecular formula is C28H44N8O9. The lowest BCUT2D eigenvalue weighted by atomic mass is 9.76. The Kier molecular flexibility index (Phi) is 13.4. The molecule has 0 fully saturated rings. The molecule has 0 bridgehead atoms. The number of aliphatic carboxylic acids is 2. The summed E-state index contributed by atoms with van der Waals surface area (Å²) in [5.74, 6) is -9.59. The van der Waals surface area contributed by atoms with E-state index < -0.39 is 117 Å². The van der Waals surface area contributed by atoms with Gasteiger partial charge in [0.1, 0.15) is 11.8 Å². The van der Waals surface area contributed by atoms with Gasteiger partial charge in [0.05, 0.1) is 41.2 Å². The van der Waals surface area contributed by atoms with Crippen LogP contribution in [0.1, 0.15) is 94.0 Å². The lowest BCUT2D eigenvalue weighted by Crippen LogP contribution is -2.45. The van der Waals surface area contributed by atoms with Crippen molar-refractivity contribution in [3.05, 3.63) is 27.8 Å². The average molecular weight is 637 g/mol. The molecule has 17 heteroatoms. The SMILES string of the molecule is CC(C)C(N)C(=O)c1c(CC(N)C(=O)O)c(C(=O)C(N)CCCN=C(N)N)c(C(=O)C(C)(C)N)c(O)c1C(=O)C(N)CC(=O)O. The number of hydrogen-bond donors (Lipinski definition) is 10. The molecule has 250 valence electrons. The second-order valence-electron chi connectivity index (χ2n) is 11.6. The van der Waals surface area contributed by atoms with Gasteiger partial charge in [-0.3, -0.25) is 33.8 Å². The number of aromatic hydroxyl groups is 1. The van der Waals surface area contributed by atoms with Gasteiger partial charge in [0.15, 0.2) is 29.1 Å². The van der Waals surface area contributed by atoms with E-state index in [0.717, 1.165) is 0 Å². The van der Waals surface area contributed by atoms with Crippen LogP contribution >= 0.6 is 0 Å². The van der Waals surface area contributed by atoms with Crippen LogP contribution in [0.4, 0.5) is 0 Å². The van der Waals surface area contributed by atoms with Crippen LogP contribution in [-0.4, -0.2) is 92.6 Å². The minimum atomic E-state index is -1.86. The molecule has 17 N–H and O–H groups in total. The summed E-state index contributed by atoms with van der Waals surface area (Å²) in [4.78, 5) is 82.6. The highest BCUT2D eigenvalue weighted by atomic mass is 16.4. The third kappa shape index (κ3) is 9.60. The maximum absolute atomic E-state index is 14.1. The van der Waals surface area contributed by atoms with Crippen LogP contribution < -0.4 is 40.1 Å². The minimum Gasteiger partial charge on any atom is -0.506 e. The highest BCUT2D eigenvalue weighted by Gasteiger charge is 2.42. The van der Waals surface area contributed by atoms with Crippen LogP contribution in [0, 0.1) is 5.92 Å². The molecule has 0 aliphatic heterocycles. The number of Topliss-reactive ketones (excluding diaryl/α,β-unsaturated/α-hetero) is 4. The first-order valence-corrected chi connectivity index (χ1v) is 14.0. The number of nitrogens with zero attached hydrogens (tertiary/aromatic N) is 1. The van der Waals surface area contributed by atoms with E-state index in [1.165, 1.54) is 13.8 Å². The van der Waals surface area contributed by atoms with Gasteiger partial charge in [0.25, 0.3) is 0 Å². The zero-order valence-corrected chi connectivity index (χ0v) is 25.7. The number of guanidine groups is 1. The number of phenols is 1. The Morgan fingerprint density at radius 1 is 0.800 bits per heavy atom. The van der Waals surface area contributed by atoms with Gasteiger partial charge in [-0.15, -0.1) is 0 Å². The molecule has 4 unspecified atom stereocenters. The van der Waals surface area contributed by atoms with E-state index in [1.807, 2.05) is 0 Å². The van der Waals surface area contributed by atoms with Gasteiger partial charge in [-0.05, 0) is 44.6 Å². The maximum atomic E-state index is 14.1. The van der Waals surface area contributed by atoms with Gasteiger partial charge >= 0.3 is 11.9 Å². The number of benzene rings is 1. The molecule has 45 heavy (non-hydrogen) atoms. The molecule has 4 atom stereocenters. The molecule has 0 amide bonds. The van der Waals surface area contributed by atoms with Crippen molar-refractivity contribution in [2.45, 2.75) is 83.1 Å². The molecule has 0 radical (unpaired) electrons. The minimum absolute atomic E-state index is 0.0643. The number of carbonyl (C=O) groups excluding carboxylic acids is 4. The molecular weight excluding hydrogens is 592 g/mol. The number of carboxylic acid groups (broad SMARTS) is 2. The number of carboxylic acids is 2. The van der Waals surface area contributed by atoms with Gasteiger partial charge in [-0.25, -0.2) is 0 Å². The van der Waals surface area contributed by atoms with Gasteiger partial charge in [0, 0.05) is 17.7 Å². The first-order valence-electron chi connectivity index (χ1n) is 14.0. The second kappa shape index (κ2) is 15.6. The molecule has 0 aromatic heterocycles. The van der Waals surface area contributed by atoms with Crippen molar-refractivity contribution in [2.75, 3.05) is 6.54 Å². The smallest absolute Gasteiger partial charge is 0.320 e. The summed E-state index contributed by atoms with van der Waals surface area (Å²) in [7, 11) is 0. The normalized spacial score (nSPS) is 14.3. The summed E-state index contributed by atoms with van der Waals surface area (Å²) in [5.41, 5.74) is 35.2. The Bertz CT molecular complexity index is 1380. The fourth-order valence-electron chi connectivity index (χ4n) is 4.40. The summed E-state index contributed by atoms with van der Waals surface area (Å²) in [6, 6.07) is -6.49. The van der Waals surface area contributed by atoms with E-state index in [2.05, 4.69) is 4.99 Å². The zero-order valence-electron chi connectivity index (χ0n) is 25.7. The van der Waals surface area contributed by atoms with Crippen molar-refractivity contribution < 1.29 is 44.1 Å². The van der Waals surface area contributed by atoms with Crippen LogP contribution in [0.25, 0.3) is 0 Å². The van der Waals surface area contributed by atoms with Crippen molar-refractivity contribution in [1.29, 1.82) is 0 Å². The fourth-order valence-corrected chi connectivity index (χ4v) is 4.40. The van der Waals surface area contributed by atoms with Gasteiger partial charge < -0.3 is 55.5 Å². The van der Waals surface area contributed by atoms with Gasteiger partial charge in [0.2, 0.25) is 0 Å². The number of phenolic OH excluding ortho intramolecular Hbond substituents is 1. The van der Waals surface area contributed by atoms with Crippen molar-refractivity contribution in [3.63, 3.8) is 0 Å². The van der Waals surface area contributed by atoms with Crippen molar-refractivity contribution >= 4 is 41.0 Å². The average Bonchev–Trinajstić information content (AvgIpc) is 2.92. The molecule has 17 nitrogen and oxygen atoms in total. The monoisotopic (exact) mass is 636 g/mol. The number of nitrogens with two attached hydrogens (primary N) is 7. The van der Waals surface area contributed by atoms with Crippen LogP contribution in [0.2, 0.25) is 0 Å². The summed E-state index contributed by atoms with van der Waals surface area (Å²) in [5, 5.41) is 30.5. The van der Waals surface area contributed by atoms with Crippen LogP contribution in [0.5, 0.6) is 5.75 Å². The predicted molar refractivity (Wildman–Crippen MR) is 164 cm³/mol. The lowest BCUT2D eigenvalue weighted by Gasteiger charge is -2.28. The highest BCUT2D eigenvalue weighted by Crippen LogP contribution is 2.39. The summed E-state index contributed by atoms with van der Waals surface area (Å²) < 4.78 is 0. The van der Waals surface area contributed by atoms with E-state index in [9.17, 15) is 44.1 Å². The molecule has 0 aliphatic carbocycles. The quantitative estimate of drug-likeness (QED) is 0.0359. The molecule has 1 aromatic carbocycles. The first kappa shape index (κ1) is 38.7. The fraction of sp³-hybridized carbons (Fsp3) is 0.536. The lowest BCUT2D eigenvalue weighted by molar-refractivity contribution is -0.139. The molecule has 0 saturated carbocycles. The standard InChI is InChI=1S/C28H44N8O9/c1-10(2)20(32)24(42)16-11(8-14(31)26(44)45)17(21(39)12(29)6-5-7-36-27(33)34)19(25(43)28(3,4)35)23(41)18(16)22(40)13(30)9-15(37)38/h10,12-14,20,41H,5-9,29-32,35H2,1-4H3,(H,37,38)(H,44,45)(H4,33,34,36). The van der Waals surface area contributed by atoms with Crippen molar-refractivity contribution in [1.82, 2.24) is 0 Å². The Hall–Kier alpha value is -4.29. The Labute approximate surface area is 259 Å². The third-order valence-corrected chi connectivity index (χ3v) is 6.93. The number of carbonyl (C=O) groups is 6. The summed E-state index contributed by atoms with van der Waals surface area (Å²) in [6.45, 7) is 5.62. The summed E-state index contributed by atoms with van der Waals surface area (Å²) in [6.07, 6.45) is -1.71. The van der Waals surface area contributed by atoms with Crippen molar-refractivity contribution in [2.24, 2.45) is 51.0 Å². The molecule has 0 aliphatic rings. The Morgan fingerprint density at radius 3 is 1.76 bits per heavy atom. The zero-order chi connectivity index (χ0) is 35.1. The number of ketones is 4. The van der Waals surface area contributed by atoms with E-state index in [1.54, 1.807) is 13.8 Å². The predicted octanol–water partition coefficient (Wildman–Crippen LogP) is -2.02. The van der Waals surface area contributed by atoms with E-state index in [0.29, 0.717) is 0 Å². The molecule has 0 saturated heterocycles. The van der Waals surface area contributed by atoms with Crippen LogP contribution in [-0.2, 0) is 16.0 Å². The Balaban J connectivity index is 4.48. The van der Waals surface area contributed by atoms with Crippen LogP contribution in [0.15, 0.2) is 4.99 Å². The second-order valence-corrected chi connectivity index (χ2v) is 11.6. The van der Waals surface area contributed by atoms with E-state index >= 15 is 0 Å². The van der Waals surface area contributed by atoms with Crippen molar-refractivity contribution in [3.8, 4) is 5.75 Å². The Morgan fingerprint density at radius 2 is 1.31 bits per heavy atom. The third-order valence-electron chi connectivity index (χ3n) is 6.93. The molecule has 0 heterocycles. The van der Waals surface area contributed by atoms with Gasteiger partial charge in [-0.1, -0.05) is 13.8 Å². The largest absolute Gasteiger partial charge is 0.506 e. The number of aliphatic imine (C=N–C) groups is 1. The van der Waals surface area contributed by atoms with E-state index in [4.69, 9.17) is 40.1 Å². The maximum Gasteiger partial charge on any atom is 0.320 e. The molecule has 0 spiro atoms. The molecule has 1 rings (SSSR count). The topological polar surface area (TPSA) is 358 Å². The first-order chi connectivity index (χ1) is 20.6. The highest BCUT2D eigenvalue weighted by molar-refractivity contribution is 6.23. The van der Waals surface area contributed by atoms with E-state index in [-0.39, 0.29) is 25.3 Å². The summed E-state index contributed by atoms with van der Waals surface area (Å²) >= 11 is 0. The number of rotatable bonds is 18. The molecule has 1 aromatic rings. The van der Waals surface area contributed by atoms with Gasteiger partial charge in [-0.2, -0.15) is 0 Å².